The average molecular weight is 342 g/mol. The van der Waals surface area contributed by atoms with Crippen LogP contribution < -0.4 is 0 Å². The smallest absolute Gasteiger partial charge is 0.165 e. The number of carbonyl (C=O) groups excluding carboxylic acids is 1. The van der Waals surface area contributed by atoms with Crippen molar-refractivity contribution in [3.8, 4) is 0 Å². The van der Waals surface area contributed by atoms with Crippen LogP contribution in [0.25, 0.3) is 10.9 Å². The lowest BCUT2D eigenvalue weighted by Crippen LogP contribution is -2.00. The van der Waals surface area contributed by atoms with Gasteiger partial charge in [-0.25, -0.2) is 0 Å². The first kappa shape index (κ1) is 14.1. The van der Waals surface area contributed by atoms with Gasteiger partial charge in [0.1, 0.15) is 0 Å². The summed E-state index contributed by atoms with van der Waals surface area (Å²) in [5.74, 6) is 0.197. The van der Waals surface area contributed by atoms with Gasteiger partial charge in [-0.05, 0) is 30.2 Å². The second-order valence-corrected chi connectivity index (χ2v) is 6.14. The van der Waals surface area contributed by atoms with E-state index in [1.54, 1.807) is 0 Å². The maximum Gasteiger partial charge on any atom is 0.165 e. The summed E-state index contributed by atoms with van der Waals surface area (Å²) in [6.07, 6.45) is 3.25. The van der Waals surface area contributed by atoms with Gasteiger partial charge in [-0.15, -0.1) is 0 Å². The van der Waals surface area contributed by atoms with Crippen molar-refractivity contribution in [3.63, 3.8) is 0 Å². The van der Waals surface area contributed by atoms with Gasteiger partial charge >= 0.3 is 0 Å². The average Bonchev–Trinajstić information content (AvgIpc) is 2.82. The fourth-order valence-corrected chi connectivity index (χ4v) is 2.98. The highest BCUT2D eigenvalue weighted by molar-refractivity contribution is 9.10. The van der Waals surface area contributed by atoms with Gasteiger partial charge in [0, 0.05) is 40.6 Å². The van der Waals surface area contributed by atoms with Gasteiger partial charge in [0.25, 0.3) is 0 Å². The molecular formula is C18H16BrNO. The number of hydrogen-bond donors (Lipinski definition) is 0. The molecule has 3 rings (SSSR count). The number of aryl methyl sites for hydroxylation is 2. The normalized spacial score (nSPS) is 11.0. The van der Waals surface area contributed by atoms with Gasteiger partial charge in [0.2, 0.25) is 0 Å². The Kier molecular flexibility index (Phi) is 3.93. The summed E-state index contributed by atoms with van der Waals surface area (Å²) in [6, 6.07) is 16.2. The summed E-state index contributed by atoms with van der Waals surface area (Å²) in [4.78, 5) is 12.5. The molecule has 2 nitrogen and oxygen atoms in total. The molecule has 0 radical (unpaired) electrons. The zero-order chi connectivity index (χ0) is 14.8. The summed E-state index contributed by atoms with van der Waals surface area (Å²) in [6.45, 7) is 0. The SMILES string of the molecule is Cn1cc(C(=O)CCc2ccccc2)c2cc(Br)ccc21. The van der Waals surface area contributed by atoms with Crippen LogP contribution in [0, 0.1) is 0 Å². The first-order valence-electron chi connectivity index (χ1n) is 6.97. The van der Waals surface area contributed by atoms with Gasteiger partial charge in [-0.2, -0.15) is 0 Å². The Morgan fingerprint density at radius 3 is 2.67 bits per heavy atom. The van der Waals surface area contributed by atoms with E-state index in [0.717, 1.165) is 27.4 Å². The topological polar surface area (TPSA) is 22.0 Å². The minimum absolute atomic E-state index is 0.197. The van der Waals surface area contributed by atoms with Gasteiger partial charge < -0.3 is 4.57 Å². The van der Waals surface area contributed by atoms with E-state index >= 15 is 0 Å². The fourth-order valence-electron chi connectivity index (χ4n) is 2.62. The Morgan fingerprint density at radius 2 is 1.90 bits per heavy atom. The van der Waals surface area contributed by atoms with Crippen LogP contribution in [0.2, 0.25) is 0 Å². The molecule has 0 amide bonds. The number of ketones is 1. The van der Waals surface area contributed by atoms with E-state index < -0.39 is 0 Å². The second-order valence-electron chi connectivity index (χ2n) is 5.22. The predicted octanol–water partition coefficient (Wildman–Crippen LogP) is 4.76. The van der Waals surface area contributed by atoms with Crippen LogP contribution in [-0.4, -0.2) is 10.4 Å². The minimum Gasteiger partial charge on any atom is -0.350 e. The third-order valence-corrected chi connectivity index (χ3v) is 4.23. The molecule has 21 heavy (non-hydrogen) atoms. The number of benzene rings is 2. The number of rotatable bonds is 4. The predicted molar refractivity (Wildman–Crippen MR) is 89.7 cm³/mol. The van der Waals surface area contributed by atoms with Crippen LogP contribution in [0.1, 0.15) is 22.3 Å². The van der Waals surface area contributed by atoms with Crippen LogP contribution in [0.4, 0.5) is 0 Å². The third kappa shape index (κ3) is 2.93. The molecule has 0 bridgehead atoms. The van der Waals surface area contributed by atoms with Crippen molar-refractivity contribution in [1.29, 1.82) is 0 Å². The molecule has 0 aliphatic rings. The highest BCUT2D eigenvalue weighted by atomic mass is 79.9. The number of nitrogens with zero attached hydrogens (tertiary/aromatic N) is 1. The molecule has 0 unspecified atom stereocenters. The lowest BCUT2D eigenvalue weighted by molar-refractivity contribution is 0.0984. The Hall–Kier alpha value is -1.87. The maximum absolute atomic E-state index is 12.5. The molecule has 0 atom stereocenters. The van der Waals surface area contributed by atoms with Gasteiger partial charge in [0.05, 0.1) is 0 Å². The zero-order valence-electron chi connectivity index (χ0n) is 11.8. The number of halogens is 1. The van der Waals surface area contributed by atoms with Gasteiger partial charge in [-0.3, -0.25) is 4.79 Å². The van der Waals surface area contributed by atoms with E-state index in [4.69, 9.17) is 0 Å². The Morgan fingerprint density at radius 1 is 1.14 bits per heavy atom. The second kappa shape index (κ2) is 5.86. The van der Waals surface area contributed by atoms with Crippen molar-refractivity contribution >= 4 is 32.6 Å². The number of fused-ring (bicyclic) bond motifs is 1. The number of carbonyl (C=O) groups is 1. The van der Waals surface area contributed by atoms with Crippen LogP contribution in [0.15, 0.2) is 59.2 Å². The number of Topliss-reactive ketones (excluding diaryl/α,β-unsaturated/α-hetero) is 1. The Balaban J connectivity index is 1.86. The first-order valence-corrected chi connectivity index (χ1v) is 7.76. The van der Waals surface area contributed by atoms with Crippen molar-refractivity contribution < 1.29 is 4.79 Å². The molecule has 3 heteroatoms. The molecule has 0 saturated heterocycles. The summed E-state index contributed by atoms with van der Waals surface area (Å²) >= 11 is 3.48. The molecule has 0 saturated carbocycles. The molecule has 0 N–H and O–H groups in total. The molecule has 3 aromatic rings. The molecule has 0 spiro atoms. The molecule has 1 heterocycles. The van der Waals surface area contributed by atoms with Crippen LogP contribution in [0.3, 0.4) is 0 Å². The molecule has 106 valence electrons. The molecule has 0 aliphatic heterocycles. The maximum atomic E-state index is 12.5. The van der Waals surface area contributed by atoms with E-state index in [1.807, 2.05) is 54.2 Å². The number of aromatic nitrogens is 1. The lowest BCUT2D eigenvalue weighted by atomic mass is 10.0. The van der Waals surface area contributed by atoms with Crippen molar-refractivity contribution in [2.24, 2.45) is 7.05 Å². The lowest BCUT2D eigenvalue weighted by Gasteiger charge is -2.01. The van der Waals surface area contributed by atoms with Gasteiger partial charge in [0.15, 0.2) is 5.78 Å². The summed E-state index contributed by atoms with van der Waals surface area (Å²) in [5.41, 5.74) is 3.10. The summed E-state index contributed by atoms with van der Waals surface area (Å²) in [5, 5.41) is 1.02. The number of hydrogen-bond acceptors (Lipinski definition) is 1. The van der Waals surface area contributed by atoms with E-state index in [2.05, 4.69) is 28.1 Å². The van der Waals surface area contributed by atoms with Crippen LogP contribution in [0.5, 0.6) is 0 Å². The Bertz CT molecular complexity index is 790. The van der Waals surface area contributed by atoms with E-state index in [1.165, 1.54) is 5.56 Å². The van der Waals surface area contributed by atoms with Crippen LogP contribution >= 0.6 is 15.9 Å². The van der Waals surface area contributed by atoms with E-state index in [9.17, 15) is 4.79 Å². The molecule has 0 fully saturated rings. The van der Waals surface area contributed by atoms with Gasteiger partial charge in [-0.1, -0.05) is 46.3 Å². The molecular weight excluding hydrogens is 326 g/mol. The van der Waals surface area contributed by atoms with Crippen LogP contribution in [-0.2, 0) is 13.5 Å². The largest absolute Gasteiger partial charge is 0.350 e. The first-order chi connectivity index (χ1) is 10.1. The highest BCUT2D eigenvalue weighted by Crippen LogP contribution is 2.25. The quantitative estimate of drug-likeness (QED) is 0.627. The monoisotopic (exact) mass is 341 g/mol. The van der Waals surface area contributed by atoms with Crippen molar-refractivity contribution in [3.05, 3.63) is 70.3 Å². The van der Waals surface area contributed by atoms with Crippen molar-refractivity contribution in [2.75, 3.05) is 0 Å². The minimum atomic E-state index is 0.197. The third-order valence-electron chi connectivity index (χ3n) is 3.74. The van der Waals surface area contributed by atoms with Crippen molar-refractivity contribution in [1.82, 2.24) is 4.57 Å². The fraction of sp³-hybridized carbons (Fsp3) is 0.167. The summed E-state index contributed by atoms with van der Waals surface area (Å²) < 4.78 is 3.01. The highest BCUT2D eigenvalue weighted by Gasteiger charge is 2.14. The zero-order valence-corrected chi connectivity index (χ0v) is 13.4. The molecule has 1 aromatic heterocycles. The summed E-state index contributed by atoms with van der Waals surface area (Å²) in [7, 11) is 1.98. The van der Waals surface area contributed by atoms with E-state index in [-0.39, 0.29) is 5.78 Å². The molecule has 2 aromatic carbocycles. The molecule has 0 aliphatic carbocycles. The van der Waals surface area contributed by atoms with Crippen molar-refractivity contribution in [2.45, 2.75) is 12.8 Å². The Labute approximate surface area is 132 Å². The van der Waals surface area contributed by atoms with E-state index in [0.29, 0.717) is 6.42 Å². The standard InChI is InChI=1S/C18H16BrNO/c1-20-12-16(15-11-14(19)8-9-17(15)20)18(21)10-7-13-5-3-2-4-6-13/h2-6,8-9,11-12H,7,10H2,1H3.